The Bertz CT molecular complexity index is 269. The summed E-state index contributed by atoms with van der Waals surface area (Å²) in [5.74, 6) is 0. The second kappa shape index (κ2) is 10.5. The van der Waals surface area contributed by atoms with Gasteiger partial charge in [-0.3, -0.25) is 0 Å². The molecule has 0 aliphatic heterocycles. The molecule has 0 aliphatic rings. The van der Waals surface area contributed by atoms with Crippen LogP contribution in [-0.2, 0) is 6.42 Å². The summed E-state index contributed by atoms with van der Waals surface area (Å²) < 4.78 is 0. The average molecular weight is 240 g/mol. The molecule has 0 N–H and O–H groups in total. The van der Waals surface area contributed by atoms with Crippen molar-refractivity contribution in [2.75, 3.05) is 14.1 Å². The second-order valence-corrected chi connectivity index (χ2v) is 3.46. The fraction of sp³-hybridized carbons (Fsp3) is 0.286. The van der Waals surface area contributed by atoms with Crippen molar-refractivity contribution in [3.63, 3.8) is 0 Å². The first kappa shape index (κ1) is 17.3. The monoisotopic (exact) mass is 239 g/mol. The van der Waals surface area contributed by atoms with Gasteiger partial charge in [0.25, 0.3) is 0 Å². The predicted octanol–water partition coefficient (Wildman–Crippen LogP) is 3.57. The molecule has 90 valence electrons. The van der Waals surface area contributed by atoms with Crippen molar-refractivity contribution >= 4 is 12.4 Å². The van der Waals surface area contributed by atoms with Crippen molar-refractivity contribution in [3.05, 3.63) is 61.7 Å². The molecule has 1 rings (SSSR count). The maximum atomic E-state index is 3.84. The molecule has 0 heterocycles. The number of halogens is 1. The van der Waals surface area contributed by atoms with E-state index in [2.05, 4.69) is 63.0 Å². The normalized spacial score (nSPS) is 10.7. The Morgan fingerprint density at radius 2 is 1.69 bits per heavy atom. The molecule has 1 atom stereocenters. The van der Waals surface area contributed by atoms with Gasteiger partial charge in [-0.05, 0) is 26.1 Å². The molecule has 0 bridgehead atoms. The Kier molecular flexibility index (Phi) is 11.3. The van der Waals surface area contributed by atoms with Crippen LogP contribution in [0.15, 0.2) is 56.1 Å². The van der Waals surface area contributed by atoms with E-state index in [-0.39, 0.29) is 12.4 Å². The lowest BCUT2D eigenvalue weighted by atomic mass is 10.1. The van der Waals surface area contributed by atoms with Gasteiger partial charge >= 0.3 is 0 Å². The number of hydrogen-bond donors (Lipinski definition) is 0. The third-order valence-electron chi connectivity index (χ3n) is 2.22. The molecule has 1 unspecified atom stereocenters. The van der Waals surface area contributed by atoms with Crippen LogP contribution in [0.25, 0.3) is 0 Å². The van der Waals surface area contributed by atoms with Crippen molar-refractivity contribution in [2.45, 2.75) is 12.5 Å². The highest BCUT2D eigenvalue weighted by atomic mass is 35.5. The Balaban J connectivity index is 0. The molecular weight excluding hydrogens is 218 g/mol. The number of rotatable bonds is 4. The highest BCUT2D eigenvalue weighted by Gasteiger charge is 2.06. The molecule has 1 nitrogen and oxygen atoms in total. The van der Waals surface area contributed by atoms with Crippen LogP contribution in [0.2, 0.25) is 0 Å². The lowest BCUT2D eigenvalue weighted by Gasteiger charge is -2.20. The molecule has 0 aromatic heterocycles. The van der Waals surface area contributed by atoms with E-state index in [9.17, 15) is 0 Å². The third kappa shape index (κ3) is 6.44. The maximum absolute atomic E-state index is 3.84. The zero-order valence-corrected chi connectivity index (χ0v) is 11.0. The van der Waals surface area contributed by atoms with E-state index < -0.39 is 0 Å². The van der Waals surface area contributed by atoms with E-state index >= 15 is 0 Å². The minimum Gasteiger partial charge on any atom is -0.303 e. The van der Waals surface area contributed by atoms with Gasteiger partial charge in [-0.25, -0.2) is 0 Å². The lowest BCUT2D eigenvalue weighted by Crippen LogP contribution is -2.27. The average Bonchev–Trinajstić information content (AvgIpc) is 2.29. The molecule has 1 aromatic carbocycles. The molecule has 0 saturated heterocycles. The van der Waals surface area contributed by atoms with Crippen LogP contribution in [0, 0.1) is 0 Å². The molecule has 2 heteroatoms. The predicted molar refractivity (Wildman–Crippen MR) is 76.3 cm³/mol. The lowest BCUT2D eigenvalue weighted by molar-refractivity contribution is 0.342. The van der Waals surface area contributed by atoms with Gasteiger partial charge in [-0.1, -0.05) is 36.4 Å². The molecular formula is C14H22ClN. The number of likely N-dealkylation sites (N-methyl/N-ethyl adjacent to an activating group) is 1. The second-order valence-electron chi connectivity index (χ2n) is 3.46. The quantitative estimate of drug-likeness (QED) is 0.727. The van der Waals surface area contributed by atoms with Crippen molar-refractivity contribution in [2.24, 2.45) is 0 Å². The minimum atomic E-state index is 0. The first-order valence-electron chi connectivity index (χ1n) is 5.07. The van der Waals surface area contributed by atoms with Crippen LogP contribution in [0.1, 0.15) is 5.56 Å². The van der Waals surface area contributed by atoms with Gasteiger partial charge < -0.3 is 4.90 Å². The van der Waals surface area contributed by atoms with Gasteiger partial charge in [-0.2, -0.15) is 0 Å². The number of hydrogen-bond acceptors (Lipinski definition) is 1. The van der Waals surface area contributed by atoms with E-state index in [1.165, 1.54) is 5.56 Å². The molecule has 0 saturated carbocycles. The van der Waals surface area contributed by atoms with Crippen molar-refractivity contribution in [1.82, 2.24) is 4.90 Å². The summed E-state index contributed by atoms with van der Waals surface area (Å²) in [6.45, 7) is 9.84. The van der Waals surface area contributed by atoms with E-state index in [0.717, 1.165) is 6.42 Å². The summed E-state index contributed by atoms with van der Waals surface area (Å²) in [4.78, 5) is 2.18. The minimum absolute atomic E-state index is 0. The van der Waals surface area contributed by atoms with E-state index in [1.807, 2.05) is 12.1 Å². The number of nitrogens with zero attached hydrogens (tertiary/aromatic N) is 1. The van der Waals surface area contributed by atoms with Crippen LogP contribution >= 0.6 is 12.4 Å². The van der Waals surface area contributed by atoms with E-state index in [1.54, 1.807) is 0 Å². The van der Waals surface area contributed by atoms with Crippen molar-refractivity contribution < 1.29 is 0 Å². The summed E-state index contributed by atoms with van der Waals surface area (Å²) in [5.41, 5.74) is 1.36. The molecule has 1 aromatic rings. The Morgan fingerprint density at radius 3 is 2.06 bits per heavy atom. The number of benzene rings is 1. The Labute approximate surface area is 106 Å². The fourth-order valence-electron chi connectivity index (χ4n) is 1.33. The molecule has 16 heavy (non-hydrogen) atoms. The summed E-state index contributed by atoms with van der Waals surface area (Å²) in [5, 5.41) is 0. The first-order valence-corrected chi connectivity index (χ1v) is 5.07. The summed E-state index contributed by atoms with van der Waals surface area (Å²) in [7, 11) is 4.16. The SMILES string of the molecule is C=C.C=CC(Cc1ccccc1)N(C)C.Cl. The van der Waals surface area contributed by atoms with Gasteiger partial charge in [0.05, 0.1) is 0 Å². The van der Waals surface area contributed by atoms with Gasteiger partial charge in [-0.15, -0.1) is 32.1 Å². The largest absolute Gasteiger partial charge is 0.303 e. The van der Waals surface area contributed by atoms with Crippen LogP contribution in [0.4, 0.5) is 0 Å². The Morgan fingerprint density at radius 1 is 1.19 bits per heavy atom. The van der Waals surface area contributed by atoms with Crippen LogP contribution in [-0.4, -0.2) is 25.0 Å². The molecule has 0 amide bonds. The van der Waals surface area contributed by atoms with Crippen LogP contribution < -0.4 is 0 Å². The maximum Gasteiger partial charge on any atom is 0.0309 e. The van der Waals surface area contributed by atoms with Crippen LogP contribution in [0.5, 0.6) is 0 Å². The zero-order chi connectivity index (χ0) is 11.7. The van der Waals surface area contributed by atoms with Crippen molar-refractivity contribution in [1.29, 1.82) is 0 Å². The smallest absolute Gasteiger partial charge is 0.0309 e. The van der Waals surface area contributed by atoms with Gasteiger partial charge in [0.2, 0.25) is 0 Å². The van der Waals surface area contributed by atoms with Crippen molar-refractivity contribution in [3.8, 4) is 0 Å². The van der Waals surface area contributed by atoms with E-state index in [0.29, 0.717) is 6.04 Å². The van der Waals surface area contributed by atoms with Gasteiger partial charge in [0, 0.05) is 6.04 Å². The highest BCUT2D eigenvalue weighted by Crippen LogP contribution is 2.06. The highest BCUT2D eigenvalue weighted by molar-refractivity contribution is 5.85. The van der Waals surface area contributed by atoms with Gasteiger partial charge in [0.1, 0.15) is 0 Å². The molecule has 0 spiro atoms. The Hall–Kier alpha value is -1.05. The van der Waals surface area contributed by atoms with E-state index in [4.69, 9.17) is 0 Å². The molecule has 0 fully saturated rings. The summed E-state index contributed by atoms with van der Waals surface area (Å²) in [6, 6.07) is 10.9. The standard InChI is InChI=1S/C12H17N.C2H4.ClH/c1-4-12(13(2)3)10-11-8-6-5-7-9-11;1-2;/h4-9,12H,1,10H2,2-3H3;1-2H2;1H. The molecule has 0 radical (unpaired) electrons. The topological polar surface area (TPSA) is 3.24 Å². The van der Waals surface area contributed by atoms with Crippen LogP contribution in [0.3, 0.4) is 0 Å². The van der Waals surface area contributed by atoms with Gasteiger partial charge in [0.15, 0.2) is 0 Å². The first-order chi connectivity index (χ1) is 7.24. The summed E-state index contributed by atoms with van der Waals surface area (Å²) in [6.07, 6.45) is 3.03. The molecule has 0 aliphatic carbocycles. The zero-order valence-electron chi connectivity index (χ0n) is 10.2. The third-order valence-corrected chi connectivity index (χ3v) is 2.22. The summed E-state index contributed by atoms with van der Waals surface area (Å²) >= 11 is 0. The fourth-order valence-corrected chi connectivity index (χ4v) is 1.33.